The number of carboxylic acid groups (broad SMARTS) is 2. The molecule has 0 aromatic carbocycles. The highest BCUT2D eigenvalue weighted by atomic mass is 16.5. The zero-order valence-electron chi connectivity index (χ0n) is 19.2. The summed E-state index contributed by atoms with van der Waals surface area (Å²) in [6, 6.07) is 0. The van der Waals surface area contributed by atoms with Gasteiger partial charge in [-0.3, -0.25) is 19.2 Å². The van der Waals surface area contributed by atoms with Crippen LogP contribution < -0.4 is 0 Å². The molecule has 2 atom stereocenters. The summed E-state index contributed by atoms with van der Waals surface area (Å²) < 4.78 is 10.3. The second kappa shape index (κ2) is 8.97. The molecule has 2 N–H and O–H groups in total. The summed E-state index contributed by atoms with van der Waals surface area (Å²) >= 11 is 0. The van der Waals surface area contributed by atoms with Gasteiger partial charge in [0.25, 0.3) is 0 Å². The molecule has 0 aromatic heterocycles. The minimum absolute atomic E-state index is 0.0343. The number of aliphatic carboxylic acids is 2. The fourth-order valence-electron chi connectivity index (χ4n) is 5.10. The van der Waals surface area contributed by atoms with Crippen molar-refractivity contribution in [1.29, 1.82) is 0 Å². The predicted octanol–water partition coefficient (Wildman–Crippen LogP) is 0.547. The molecule has 0 radical (unpaired) electrons. The van der Waals surface area contributed by atoms with Crippen LogP contribution in [-0.4, -0.2) is 95.4 Å². The maximum absolute atomic E-state index is 12.0. The molecule has 4 saturated heterocycles. The molecule has 4 aliphatic rings. The molecule has 4 aliphatic heterocycles. The third-order valence-corrected chi connectivity index (χ3v) is 7.12. The third kappa shape index (κ3) is 4.10. The lowest BCUT2D eigenvalue weighted by Gasteiger charge is -2.47. The molecule has 32 heavy (non-hydrogen) atoms. The number of nitrogens with zero attached hydrogens (tertiary/aromatic N) is 2. The Morgan fingerprint density at radius 2 is 1.38 bits per heavy atom. The Labute approximate surface area is 187 Å². The number of amides is 2. The highest BCUT2D eigenvalue weighted by molar-refractivity contribution is 5.82. The average Bonchev–Trinajstić information content (AvgIpc) is 3.26. The van der Waals surface area contributed by atoms with E-state index in [9.17, 15) is 19.2 Å². The van der Waals surface area contributed by atoms with Crippen LogP contribution in [0.4, 0.5) is 0 Å². The van der Waals surface area contributed by atoms with E-state index < -0.39 is 29.3 Å². The van der Waals surface area contributed by atoms with Crippen LogP contribution in [-0.2, 0) is 28.7 Å². The lowest BCUT2D eigenvalue weighted by Crippen LogP contribution is -2.65. The van der Waals surface area contributed by atoms with Crippen LogP contribution in [0, 0.1) is 29.1 Å². The van der Waals surface area contributed by atoms with Crippen molar-refractivity contribution in [3.8, 4) is 0 Å². The second-order valence-corrected chi connectivity index (χ2v) is 10.0. The number of carbonyl (C=O) groups excluding carboxylic acids is 2. The molecule has 2 spiro atoms. The molecule has 10 nitrogen and oxygen atoms in total. The van der Waals surface area contributed by atoms with Crippen LogP contribution in [0.3, 0.4) is 0 Å². The van der Waals surface area contributed by atoms with Gasteiger partial charge in [0.15, 0.2) is 0 Å². The van der Waals surface area contributed by atoms with Crippen LogP contribution in [0.5, 0.6) is 0 Å². The van der Waals surface area contributed by atoms with E-state index in [1.165, 1.54) is 0 Å². The summed E-state index contributed by atoms with van der Waals surface area (Å²) in [6.45, 7) is 10.4. The molecule has 2 amide bonds. The zero-order valence-corrected chi connectivity index (χ0v) is 19.2. The van der Waals surface area contributed by atoms with E-state index in [0.29, 0.717) is 52.5 Å². The van der Waals surface area contributed by atoms with Gasteiger partial charge in [0.2, 0.25) is 11.8 Å². The van der Waals surface area contributed by atoms with Gasteiger partial charge in [-0.25, -0.2) is 0 Å². The Morgan fingerprint density at radius 3 is 1.72 bits per heavy atom. The number of hydrogen-bond acceptors (Lipinski definition) is 6. The van der Waals surface area contributed by atoms with Gasteiger partial charge in [-0.05, 0) is 6.42 Å². The highest BCUT2D eigenvalue weighted by Crippen LogP contribution is 2.43. The highest BCUT2D eigenvalue weighted by Gasteiger charge is 2.59. The van der Waals surface area contributed by atoms with Crippen molar-refractivity contribution < 1.29 is 38.9 Å². The fourth-order valence-corrected chi connectivity index (χ4v) is 5.10. The van der Waals surface area contributed by atoms with Gasteiger partial charge in [-0.2, -0.15) is 0 Å². The van der Waals surface area contributed by atoms with Gasteiger partial charge >= 0.3 is 11.9 Å². The van der Waals surface area contributed by atoms with Crippen molar-refractivity contribution in [2.24, 2.45) is 29.1 Å². The van der Waals surface area contributed by atoms with E-state index in [2.05, 4.69) is 0 Å². The molecule has 2 unspecified atom stereocenters. The van der Waals surface area contributed by atoms with Crippen LogP contribution in [0.2, 0.25) is 0 Å². The molecule has 0 aliphatic carbocycles. The van der Waals surface area contributed by atoms with Gasteiger partial charge in [-0.1, -0.05) is 27.7 Å². The van der Waals surface area contributed by atoms with Crippen LogP contribution in [0.1, 0.15) is 34.1 Å². The Bertz CT molecular complexity index is 760. The van der Waals surface area contributed by atoms with E-state index >= 15 is 0 Å². The normalized spacial score (nSPS) is 27.2. The minimum atomic E-state index is -0.817. The first-order valence-electron chi connectivity index (χ1n) is 11.2. The van der Waals surface area contributed by atoms with Gasteiger partial charge in [-0.15, -0.1) is 0 Å². The lowest BCUT2D eigenvalue weighted by molar-refractivity contribution is -0.178. The second-order valence-electron chi connectivity index (χ2n) is 10.0. The van der Waals surface area contributed by atoms with Crippen molar-refractivity contribution in [1.82, 2.24) is 9.80 Å². The molecule has 0 bridgehead atoms. The van der Waals surface area contributed by atoms with Crippen molar-refractivity contribution in [2.75, 3.05) is 46.1 Å². The molecular formula is C22H34N2O8. The predicted molar refractivity (Wildman–Crippen MR) is 112 cm³/mol. The fraction of sp³-hybridized carbons (Fsp3) is 0.818. The molecule has 10 heteroatoms. The zero-order chi connectivity index (χ0) is 23.8. The third-order valence-electron chi connectivity index (χ3n) is 7.12. The van der Waals surface area contributed by atoms with E-state index in [1.807, 2.05) is 27.7 Å². The molecule has 4 rings (SSSR count). The van der Waals surface area contributed by atoms with E-state index in [-0.39, 0.29) is 29.1 Å². The van der Waals surface area contributed by atoms with Crippen molar-refractivity contribution in [3.63, 3.8) is 0 Å². The lowest BCUT2D eigenvalue weighted by atomic mass is 9.76. The summed E-state index contributed by atoms with van der Waals surface area (Å²) in [5.41, 5.74) is -0.885. The topological polar surface area (TPSA) is 134 Å². The summed E-state index contributed by atoms with van der Waals surface area (Å²) in [6.07, 6.45) is 0.539. The van der Waals surface area contributed by atoms with Crippen LogP contribution in [0.25, 0.3) is 0 Å². The van der Waals surface area contributed by atoms with Crippen molar-refractivity contribution in [3.05, 3.63) is 0 Å². The molecule has 0 saturated carbocycles. The Balaban J connectivity index is 0.000000181. The maximum atomic E-state index is 12.0. The smallest absolute Gasteiger partial charge is 0.309 e. The van der Waals surface area contributed by atoms with Crippen LogP contribution in [0.15, 0.2) is 0 Å². The van der Waals surface area contributed by atoms with E-state index in [1.54, 1.807) is 9.80 Å². The Morgan fingerprint density at radius 1 is 0.844 bits per heavy atom. The van der Waals surface area contributed by atoms with Crippen molar-refractivity contribution in [2.45, 2.75) is 39.7 Å². The van der Waals surface area contributed by atoms with E-state index in [0.717, 1.165) is 0 Å². The number of carboxylic acids is 2. The number of carbonyl (C=O) groups is 4. The molecular weight excluding hydrogens is 420 g/mol. The molecule has 4 heterocycles. The summed E-state index contributed by atoms with van der Waals surface area (Å²) in [7, 11) is 0. The van der Waals surface area contributed by atoms with E-state index in [4.69, 9.17) is 19.7 Å². The van der Waals surface area contributed by atoms with Crippen molar-refractivity contribution >= 4 is 23.8 Å². The average molecular weight is 455 g/mol. The first kappa shape index (κ1) is 24.4. The first-order chi connectivity index (χ1) is 14.9. The Kier molecular flexibility index (Phi) is 6.86. The number of hydrogen-bond donors (Lipinski definition) is 2. The van der Waals surface area contributed by atoms with Gasteiger partial charge in [0.1, 0.15) is 5.54 Å². The largest absolute Gasteiger partial charge is 0.481 e. The summed E-state index contributed by atoms with van der Waals surface area (Å²) in [5.74, 6) is -2.67. The quantitative estimate of drug-likeness (QED) is 0.629. The first-order valence-corrected chi connectivity index (χ1v) is 11.2. The van der Waals surface area contributed by atoms with Gasteiger partial charge < -0.3 is 29.5 Å². The Hall–Kier alpha value is -2.20. The maximum Gasteiger partial charge on any atom is 0.309 e. The molecule has 180 valence electrons. The minimum Gasteiger partial charge on any atom is -0.481 e. The number of ether oxygens (including phenoxy) is 2. The molecule has 0 aromatic rings. The van der Waals surface area contributed by atoms with Gasteiger partial charge in [0, 0.05) is 36.9 Å². The number of likely N-dealkylation sites (tertiary alicyclic amines) is 2. The van der Waals surface area contributed by atoms with Crippen LogP contribution >= 0.6 is 0 Å². The monoisotopic (exact) mass is 454 g/mol. The van der Waals surface area contributed by atoms with Gasteiger partial charge in [0.05, 0.1) is 38.3 Å². The standard InChI is InChI=1S/2C11H17NO4/c1-7(2)9(13)12-3-8(10(14)15)11(4-12)5-16-6-11;1-7(2)9(13)12-4-3-8(10(14)15)11(12)5-16-6-11/h2*7-8H,3-6H2,1-2H3,(H,14,15). The summed E-state index contributed by atoms with van der Waals surface area (Å²) in [5, 5.41) is 18.3. The molecule has 4 fully saturated rings. The number of rotatable bonds is 4. The SMILES string of the molecule is CC(C)C(=O)N1CC(C(=O)O)C2(COC2)C1.CC(C)C(=O)N1CCC(C(=O)O)C12COC2. The summed E-state index contributed by atoms with van der Waals surface area (Å²) in [4.78, 5) is 49.5.